The van der Waals surface area contributed by atoms with Crippen LogP contribution in [0.1, 0.15) is 37.7 Å². The van der Waals surface area contributed by atoms with Crippen molar-refractivity contribution in [3.63, 3.8) is 0 Å². The van der Waals surface area contributed by atoms with Gasteiger partial charge in [-0.2, -0.15) is 0 Å². The maximum Gasteiger partial charge on any atom is 0.0402 e. The summed E-state index contributed by atoms with van der Waals surface area (Å²) in [5, 5.41) is 0. The predicted octanol–water partition coefficient (Wildman–Crippen LogP) is 3.72. The Morgan fingerprint density at radius 3 is 2.89 bits per heavy atom. The first-order valence-electron chi connectivity index (χ1n) is 7.54. The summed E-state index contributed by atoms with van der Waals surface area (Å²) in [7, 11) is 0. The lowest BCUT2D eigenvalue weighted by Crippen LogP contribution is -2.43. The van der Waals surface area contributed by atoms with Crippen molar-refractivity contribution in [3.05, 3.63) is 28.2 Å². The van der Waals surface area contributed by atoms with Gasteiger partial charge >= 0.3 is 0 Å². The van der Waals surface area contributed by atoms with Crippen molar-refractivity contribution < 1.29 is 0 Å². The standard InChI is InChI=1S/C16H23BrN2/c17-14-6-7-16(13(11-14)8-9-18)19-10-2-4-12-3-1-5-15(12)19/h6-7,11-12,15H,1-5,8-10,18H2. The number of anilines is 1. The first kappa shape index (κ1) is 13.4. The second-order valence-electron chi connectivity index (χ2n) is 5.91. The van der Waals surface area contributed by atoms with Gasteiger partial charge in [-0.1, -0.05) is 22.4 Å². The van der Waals surface area contributed by atoms with Crippen LogP contribution in [0.3, 0.4) is 0 Å². The molecule has 3 rings (SSSR count). The fraction of sp³-hybridized carbons (Fsp3) is 0.625. The summed E-state index contributed by atoms with van der Waals surface area (Å²) in [5.74, 6) is 0.933. The summed E-state index contributed by atoms with van der Waals surface area (Å²) < 4.78 is 1.17. The molecule has 1 aliphatic carbocycles. The van der Waals surface area contributed by atoms with E-state index >= 15 is 0 Å². The van der Waals surface area contributed by atoms with Crippen LogP contribution in [0.25, 0.3) is 0 Å². The van der Waals surface area contributed by atoms with Crippen molar-refractivity contribution in [3.8, 4) is 0 Å². The first-order chi connectivity index (χ1) is 9.29. The molecule has 3 heteroatoms. The number of nitrogens with zero attached hydrogens (tertiary/aromatic N) is 1. The van der Waals surface area contributed by atoms with Gasteiger partial charge in [-0.15, -0.1) is 0 Å². The van der Waals surface area contributed by atoms with Crippen LogP contribution in [0.2, 0.25) is 0 Å². The average Bonchev–Trinajstić information content (AvgIpc) is 2.88. The molecule has 0 aromatic heterocycles. The molecule has 104 valence electrons. The molecule has 2 fully saturated rings. The molecule has 2 nitrogen and oxygen atoms in total. The summed E-state index contributed by atoms with van der Waals surface area (Å²) in [4.78, 5) is 2.68. The second kappa shape index (κ2) is 5.84. The van der Waals surface area contributed by atoms with Gasteiger partial charge in [0.05, 0.1) is 0 Å². The summed E-state index contributed by atoms with van der Waals surface area (Å²) in [6.45, 7) is 1.95. The van der Waals surface area contributed by atoms with Gasteiger partial charge in [0, 0.05) is 22.7 Å². The zero-order valence-corrected chi connectivity index (χ0v) is 13.0. The molecular formula is C16H23BrN2. The zero-order valence-electron chi connectivity index (χ0n) is 11.4. The van der Waals surface area contributed by atoms with E-state index in [1.165, 1.54) is 54.4 Å². The first-order valence-corrected chi connectivity index (χ1v) is 8.34. The number of fused-ring (bicyclic) bond motifs is 1. The van der Waals surface area contributed by atoms with E-state index in [0.29, 0.717) is 0 Å². The Bertz CT molecular complexity index is 446. The molecule has 1 saturated heterocycles. The Labute approximate surface area is 124 Å². The molecule has 1 saturated carbocycles. The summed E-state index contributed by atoms with van der Waals surface area (Å²) >= 11 is 3.59. The van der Waals surface area contributed by atoms with Crippen LogP contribution >= 0.6 is 15.9 Å². The molecule has 2 N–H and O–H groups in total. The van der Waals surface area contributed by atoms with Gasteiger partial charge in [0.15, 0.2) is 0 Å². The quantitative estimate of drug-likeness (QED) is 0.919. The molecule has 0 radical (unpaired) electrons. The van der Waals surface area contributed by atoms with Gasteiger partial charge in [-0.05, 0) is 68.3 Å². The SMILES string of the molecule is NCCc1cc(Br)ccc1N1CCCC2CCCC21. The van der Waals surface area contributed by atoms with Gasteiger partial charge < -0.3 is 10.6 Å². The molecule has 2 atom stereocenters. The van der Waals surface area contributed by atoms with Crippen molar-refractivity contribution >= 4 is 21.6 Å². The van der Waals surface area contributed by atoms with Crippen LogP contribution in [-0.2, 0) is 6.42 Å². The van der Waals surface area contributed by atoms with Crippen molar-refractivity contribution in [1.82, 2.24) is 0 Å². The minimum absolute atomic E-state index is 0.728. The lowest BCUT2D eigenvalue weighted by atomic mass is 9.91. The Kier molecular flexibility index (Phi) is 4.13. The molecule has 0 amide bonds. The minimum atomic E-state index is 0.728. The van der Waals surface area contributed by atoms with E-state index in [-0.39, 0.29) is 0 Å². The van der Waals surface area contributed by atoms with Crippen LogP contribution < -0.4 is 10.6 Å². The number of hydrogen-bond acceptors (Lipinski definition) is 2. The summed E-state index contributed by atoms with van der Waals surface area (Å²) in [6, 6.07) is 7.50. The van der Waals surface area contributed by atoms with Gasteiger partial charge in [-0.25, -0.2) is 0 Å². The topological polar surface area (TPSA) is 29.3 Å². The molecule has 1 aromatic rings. The van der Waals surface area contributed by atoms with E-state index in [9.17, 15) is 0 Å². The van der Waals surface area contributed by atoms with Crippen molar-refractivity contribution in [2.24, 2.45) is 11.7 Å². The fourth-order valence-corrected chi connectivity index (χ4v) is 4.35. The largest absolute Gasteiger partial charge is 0.368 e. The van der Waals surface area contributed by atoms with Gasteiger partial charge in [0.2, 0.25) is 0 Å². The molecular weight excluding hydrogens is 300 g/mol. The molecule has 2 unspecified atom stereocenters. The molecule has 1 heterocycles. The lowest BCUT2D eigenvalue weighted by molar-refractivity contribution is 0.362. The van der Waals surface area contributed by atoms with Crippen LogP contribution in [0.15, 0.2) is 22.7 Å². The van der Waals surface area contributed by atoms with E-state index in [0.717, 1.165) is 24.9 Å². The average molecular weight is 323 g/mol. The molecule has 0 spiro atoms. The summed E-state index contributed by atoms with van der Waals surface area (Å²) in [5.41, 5.74) is 8.62. The van der Waals surface area contributed by atoms with Crippen LogP contribution in [0.4, 0.5) is 5.69 Å². The minimum Gasteiger partial charge on any atom is -0.368 e. The van der Waals surface area contributed by atoms with Crippen LogP contribution in [-0.4, -0.2) is 19.1 Å². The number of halogens is 1. The molecule has 2 aliphatic rings. The monoisotopic (exact) mass is 322 g/mol. The van der Waals surface area contributed by atoms with Crippen molar-refractivity contribution in [2.75, 3.05) is 18.0 Å². The maximum atomic E-state index is 5.78. The summed E-state index contributed by atoms with van der Waals surface area (Å²) in [6.07, 6.45) is 7.98. The maximum absolute atomic E-state index is 5.78. The third-order valence-corrected chi connectivity index (χ3v) is 5.25. The smallest absolute Gasteiger partial charge is 0.0402 e. The lowest BCUT2D eigenvalue weighted by Gasteiger charge is -2.40. The van der Waals surface area contributed by atoms with E-state index in [1.54, 1.807) is 0 Å². The van der Waals surface area contributed by atoms with E-state index in [2.05, 4.69) is 39.0 Å². The molecule has 1 aromatic carbocycles. The Morgan fingerprint density at radius 2 is 2.05 bits per heavy atom. The second-order valence-corrected chi connectivity index (χ2v) is 6.82. The number of benzene rings is 1. The highest BCUT2D eigenvalue weighted by molar-refractivity contribution is 9.10. The van der Waals surface area contributed by atoms with Crippen LogP contribution in [0, 0.1) is 5.92 Å². The normalized spacial score (nSPS) is 26.5. The highest BCUT2D eigenvalue weighted by Crippen LogP contribution is 2.40. The Hall–Kier alpha value is -0.540. The highest BCUT2D eigenvalue weighted by Gasteiger charge is 2.35. The third kappa shape index (κ3) is 2.68. The van der Waals surface area contributed by atoms with Gasteiger partial charge in [-0.3, -0.25) is 0 Å². The molecule has 19 heavy (non-hydrogen) atoms. The molecule has 0 bridgehead atoms. The van der Waals surface area contributed by atoms with Crippen LogP contribution in [0.5, 0.6) is 0 Å². The van der Waals surface area contributed by atoms with Crippen molar-refractivity contribution in [2.45, 2.75) is 44.6 Å². The highest BCUT2D eigenvalue weighted by atomic mass is 79.9. The van der Waals surface area contributed by atoms with E-state index in [1.807, 2.05) is 0 Å². The van der Waals surface area contributed by atoms with E-state index < -0.39 is 0 Å². The Morgan fingerprint density at radius 1 is 1.21 bits per heavy atom. The number of nitrogens with two attached hydrogens (primary N) is 1. The Balaban J connectivity index is 1.91. The number of hydrogen-bond donors (Lipinski definition) is 1. The molecule has 1 aliphatic heterocycles. The third-order valence-electron chi connectivity index (χ3n) is 4.76. The zero-order chi connectivity index (χ0) is 13.2. The van der Waals surface area contributed by atoms with Gasteiger partial charge in [0.25, 0.3) is 0 Å². The predicted molar refractivity (Wildman–Crippen MR) is 84.6 cm³/mol. The van der Waals surface area contributed by atoms with Crippen molar-refractivity contribution in [1.29, 1.82) is 0 Å². The number of piperidine rings is 1. The van der Waals surface area contributed by atoms with E-state index in [4.69, 9.17) is 5.73 Å². The van der Waals surface area contributed by atoms with Gasteiger partial charge in [0.1, 0.15) is 0 Å². The number of rotatable bonds is 3. The fourth-order valence-electron chi connectivity index (χ4n) is 3.94.